The fraction of sp³-hybridized carbons (Fsp3) is 0.750. The van der Waals surface area contributed by atoms with Gasteiger partial charge in [0.2, 0.25) is 5.91 Å². The second-order valence-electron chi connectivity index (χ2n) is 3.61. The van der Waals surface area contributed by atoms with Gasteiger partial charge in [-0.2, -0.15) is 0 Å². The van der Waals surface area contributed by atoms with Gasteiger partial charge >= 0.3 is 5.97 Å². The van der Waals surface area contributed by atoms with Crippen LogP contribution in [-0.4, -0.2) is 44.4 Å². The topological polar surface area (TPSA) is 57.6 Å². The van der Waals surface area contributed by atoms with Gasteiger partial charge < -0.3 is 10.0 Å². The van der Waals surface area contributed by atoms with Gasteiger partial charge in [-0.15, -0.1) is 23.4 Å². The molecule has 0 saturated carbocycles. The number of hydrogen-bond acceptors (Lipinski definition) is 3. The Hall–Kier alpha value is -0.420. The molecule has 80 valence electrons. The van der Waals surface area contributed by atoms with Crippen LogP contribution in [0.1, 0.15) is 13.8 Å². The first kappa shape index (κ1) is 11.7. The van der Waals surface area contributed by atoms with Crippen molar-refractivity contribution < 1.29 is 14.7 Å². The second kappa shape index (κ2) is 3.98. The number of hydrogen-bond donors (Lipinski definition) is 1. The van der Waals surface area contributed by atoms with Crippen molar-refractivity contribution in [1.29, 1.82) is 0 Å². The van der Waals surface area contributed by atoms with Gasteiger partial charge in [0.25, 0.3) is 0 Å². The first-order valence-corrected chi connectivity index (χ1v) is 5.64. The molecule has 0 spiro atoms. The van der Waals surface area contributed by atoms with E-state index in [0.29, 0.717) is 5.88 Å². The lowest BCUT2D eigenvalue weighted by molar-refractivity contribution is -0.148. The Bertz CT molecular complexity index is 269. The van der Waals surface area contributed by atoms with Gasteiger partial charge in [0.15, 0.2) is 0 Å². The zero-order chi connectivity index (χ0) is 10.9. The van der Waals surface area contributed by atoms with Gasteiger partial charge in [0, 0.05) is 4.75 Å². The molecule has 1 aliphatic heterocycles. The average Bonchev–Trinajstić information content (AvgIpc) is 2.39. The van der Waals surface area contributed by atoms with Crippen molar-refractivity contribution in [1.82, 2.24) is 4.90 Å². The zero-order valence-electron chi connectivity index (χ0n) is 7.99. The van der Waals surface area contributed by atoms with Crippen molar-refractivity contribution in [3.8, 4) is 0 Å². The Morgan fingerprint density at radius 2 is 2.21 bits per heavy atom. The van der Waals surface area contributed by atoms with Crippen LogP contribution in [0.5, 0.6) is 0 Å². The molecule has 1 heterocycles. The number of alkyl halides is 1. The number of amides is 1. The molecule has 14 heavy (non-hydrogen) atoms. The largest absolute Gasteiger partial charge is 0.480 e. The standard InChI is InChI=1S/C8H12ClNO3S/c1-8(2)6(7(12)13)10(4-14-8)5(11)3-9/h6H,3-4H2,1-2H3,(H,12,13). The van der Waals surface area contributed by atoms with E-state index in [0.717, 1.165) is 0 Å². The van der Waals surface area contributed by atoms with Gasteiger partial charge in [-0.05, 0) is 13.8 Å². The number of halogens is 1. The third-order valence-corrected chi connectivity index (χ3v) is 3.82. The van der Waals surface area contributed by atoms with E-state index >= 15 is 0 Å². The van der Waals surface area contributed by atoms with E-state index in [1.54, 1.807) is 0 Å². The molecule has 1 saturated heterocycles. The van der Waals surface area contributed by atoms with Gasteiger partial charge in [-0.25, -0.2) is 4.79 Å². The highest BCUT2D eigenvalue weighted by Gasteiger charge is 2.47. The van der Waals surface area contributed by atoms with Gasteiger partial charge in [0.1, 0.15) is 11.9 Å². The Labute approximate surface area is 91.6 Å². The highest BCUT2D eigenvalue weighted by molar-refractivity contribution is 8.00. The molecule has 1 amide bonds. The quantitative estimate of drug-likeness (QED) is 0.728. The molecule has 1 atom stereocenters. The van der Waals surface area contributed by atoms with Crippen LogP contribution < -0.4 is 0 Å². The van der Waals surface area contributed by atoms with Crippen LogP contribution in [0.4, 0.5) is 0 Å². The third-order valence-electron chi connectivity index (χ3n) is 2.21. The van der Waals surface area contributed by atoms with Crippen molar-refractivity contribution in [3.05, 3.63) is 0 Å². The molecular weight excluding hydrogens is 226 g/mol. The minimum Gasteiger partial charge on any atom is -0.480 e. The predicted octanol–water partition coefficient (Wildman–Crippen LogP) is 0.990. The van der Waals surface area contributed by atoms with E-state index in [4.69, 9.17) is 16.7 Å². The highest BCUT2D eigenvalue weighted by atomic mass is 35.5. The normalized spacial score (nSPS) is 25.1. The number of carbonyl (C=O) groups excluding carboxylic acids is 1. The maximum absolute atomic E-state index is 11.3. The van der Waals surface area contributed by atoms with Crippen molar-refractivity contribution in [2.24, 2.45) is 0 Å². The Kier molecular flexibility index (Phi) is 3.32. The smallest absolute Gasteiger partial charge is 0.327 e. The molecule has 1 unspecified atom stereocenters. The van der Waals surface area contributed by atoms with E-state index in [1.807, 2.05) is 13.8 Å². The Balaban J connectivity index is 2.90. The lowest BCUT2D eigenvalue weighted by Crippen LogP contribution is -2.49. The first-order chi connectivity index (χ1) is 6.40. The van der Waals surface area contributed by atoms with Crippen molar-refractivity contribution in [3.63, 3.8) is 0 Å². The van der Waals surface area contributed by atoms with Crippen LogP contribution in [0.15, 0.2) is 0 Å². The fourth-order valence-corrected chi connectivity index (χ4v) is 2.79. The second-order valence-corrected chi connectivity index (χ2v) is 5.48. The minimum atomic E-state index is -0.974. The van der Waals surface area contributed by atoms with Gasteiger partial charge in [-0.3, -0.25) is 4.79 Å². The first-order valence-electron chi connectivity index (χ1n) is 4.12. The molecule has 1 aliphatic rings. The maximum Gasteiger partial charge on any atom is 0.327 e. The van der Waals surface area contributed by atoms with Crippen molar-refractivity contribution in [2.75, 3.05) is 11.8 Å². The van der Waals surface area contributed by atoms with Crippen LogP contribution in [-0.2, 0) is 9.59 Å². The summed E-state index contributed by atoms with van der Waals surface area (Å²) in [4.78, 5) is 23.7. The van der Waals surface area contributed by atoms with Crippen LogP contribution in [0, 0.1) is 0 Å². The molecule has 4 nitrogen and oxygen atoms in total. The summed E-state index contributed by atoms with van der Waals surface area (Å²) < 4.78 is -0.451. The number of nitrogens with zero attached hydrogens (tertiary/aromatic N) is 1. The lowest BCUT2D eigenvalue weighted by atomic mass is 10.0. The van der Waals surface area contributed by atoms with Crippen molar-refractivity contribution in [2.45, 2.75) is 24.6 Å². The summed E-state index contributed by atoms with van der Waals surface area (Å²) in [6.45, 7) is 3.63. The summed E-state index contributed by atoms with van der Waals surface area (Å²) in [5, 5.41) is 9.01. The maximum atomic E-state index is 11.3. The Morgan fingerprint density at radius 1 is 1.64 bits per heavy atom. The van der Waals surface area contributed by atoms with Gasteiger partial charge in [-0.1, -0.05) is 0 Å². The summed E-state index contributed by atoms with van der Waals surface area (Å²) >= 11 is 6.86. The third kappa shape index (κ3) is 1.98. The number of rotatable bonds is 2. The lowest BCUT2D eigenvalue weighted by Gasteiger charge is -2.27. The van der Waals surface area contributed by atoms with Crippen LogP contribution in [0.3, 0.4) is 0 Å². The van der Waals surface area contributed by atoms with E-state index in [-0.39, 0.29) is 11.8 Å². The van der Waals surface area contributed by atoms with Crippen LogP contribution >= 0.6 is 23.4 Å². The molecule has 0 aliphatic carbocycles. The number of carboxylic acid groups (broad SMARTS) is 1. The summed E-state index contributed by atoms with van der Waals surface area (Å²) in [5.41, 5.74) is 0. The molecule has 0 aromatic heterocycles. The molecule has 0 aromatic carbocycles. The predicted molar refractivity (Wildman–Crippen MR) is 55.5 cm³/mol. The molecule has 0 radical (unpaired) electrons. The number of carboxylic acids is 1. The highest BCUT2D eigenvalue weighted by Crippen LogP contribution is 2.39. The number of carbonyl (C=O) groups is 2. The summed E-state index contributed by atoms with van der Waals surface area (Å²) in [5.74, 6) is -1.06. The molecule has 1 fully saturated rings. The molecule has 0 aromatic rings. The summed E-state index contributed by atoms with van der Waals surface area (Å²) in [6.07, 6.45) is 0. The fourth-order valence-electron chi connectivity index (χ4n) is 1.49. The summed E-state index contributed by atoms with van der Waals surface area (Å²) in [6, 6.07) is -0.779. The minimum absolute atomic E-state index is 0.166. The number of thioether (sulfide) groups is 1. The van der Waals surface area contributed by atoms with Crippen molar-refractivity contribution >= 4 is 35.2 Å². The van der Waals surface area contributed by atoms with Gasteiger partial charge in [0.05, 0.1) is 5.88 Å². The van der Waals surface area contributed by atoms with Crippen LogP contribution in [0.2, 0.25) is 0 Å². The van der Waals surface area contributed by atoms with E-state index in [1.165, 1.54) is 16.7 Å². The molecule has 1 N–H and O–H groups in total. The van der Waals surface area contributed by atoms with E-state index in [2.05, 4.69) is 0 Å². The molecule has 1 rings (SSSR count). The zero-order valence-corrected chi connectivity index (χ0v) is 9.56. The summed E-state index contributed by atoms with van der Waals surface area (Å²) in [7, 11) is 0. The number of aliphatic carboxylic acids is 1. The molecular formula is C8H12ClNO3S. The Morgan fingerprint density at radius 3 is 2.64 bits per heavy atom. The molecule has 6 heteroatoms. The molecule has 0 bridgehead atoms. The monoisotopic (exact) mass is 237 g/mol. The van der Waals surface area contributed by atoms with E-state index < -0.39 is 16.8 Å². The van der Waals surface area contributed by atoms with E-state index in [9.17, 15) is 9.59 Å². The van der Waals surface area contributed by atoms with Crippen LogP contribution in [0.25, 0.3) is 0 Å². The average molecular weight is 238 g/mol. The SMILES string of the molecule is CC1(C)SCN(C(=O)CCl)C1C(=O)O.